The average Bonchev–Trinajstić information content (AvgIpc) is 3.18. The van der Waals surface area contributed by atoms with Gasteiger partial charge in [-0.2, -0.15) is 5.10 Å². The molecule has 0 spiro atoms. The highest BCUT2D eigenvalue weighted by Crippen LogP contribution is 2.33. The van der Waals surface area contributed by atoms with Crippen LogP contribution in [0, 0.1) is 0 Å². The van der Waals surface area contributed by atoms with E-state index in [2.05, 4.69) is 10.5 Å². The summed E-state index contributed by atoms with van der Waals surface area (Å²) in [6.45, 7) is 2.48. The number of rotatable bonds is 5. The van der Waals surface area contributed by atoms with E-state index >= 15 is 0 Å². The molecule has 1 saturated carbocycles. The molecule has 6 heteroatoms. The van der Waals surface area contributed by atoms with Crippen LogP contribution < -0.4 is 5.43 Å². The number of ether oxygens (including phenoxy) is 1. The maximum absolute atomic E-state index is 6.13. The fraction of sp³-hybridized carbons (Fsp3) is 0.308. The van der Waals surface area contributed by atoms with Gasteiger partial charge in [-0.1, -0.05) is 34.8 Å². The Hall–Kier alpha value is -0.900. The van der Waals surface area contributed by atoms with Crippen LogP contribution in [0.4, 0.5) is 5.69 Å². The largest absolute Gasteiger partial charge is 0.491 e. The summed E-state index contributed by atoms with van der Waals surface area (Å²) in [6.07, 6.45) is 2.03. The predicted octanol–water partition coefficient (Wildman–Crippen LogP) is 5.04. The molecule has 1 aliphatic carbocycles. The Balaban J connectivity index is 2.11. The number of hydrogen-bond acceptors (Lipinski definition) is 3. The number of halogens is 3. The molecule has 0 heterocycles. The van der Waals surface area contributed by atoms with Gasteiger partial charge in [0.05, 0.1) is 17.3 Å². The zero-order chi connectivity index (χ0) is 13.8. The standard InChI is InChI=1S/C13H13Cl3N2O/c1-2-19-12(8-3-4-8)13(16)18-17-11-6-5-9(14)7-10(11)15/h5-7,17H,2-4H2,1H3/b18-13-. The molecular formula is C13H13Cl3N2O. The van der Waals surface area contributed by atoms with Crippen LogP contribution in [0.5, 0.6) is 0 Å². The van der Waals surface area contributed by atoms with Gasteiger partial charge >= 0.3 is 0 Å². The van der Waals surface area contributed by atoms with Gasteiger partial charge in [0.15, 0.2) is 10.9 Å². The Bertz CT molecular complexity index is 535. The lowest BCUT2D eigenvalue weighted by Gasteiger charge is -2.08. The second-order valence-electron chi connectivity index (χ2n) is 4.00. The molecule has 0 aliphatic heterocycles. The molecule has 2 rings (SSSR count). The van der Waals surface area contributed by atoms with Crippen LogP contribution in [0.25, 0.3) is 0 Å². The normalized spacial score (nSPS) is 14.3. The summed E-state index contributed by atoms with van der Waals surface area (Å²) in [5.74, 6) is 0.668. The highest BCUT2D eigenvalue weighted by Gasteiger charge is 2.22. The lowest BCUT2D eigenvalue weighted by Crippen LogP contribution is -2.03. The molecule has 1 aliphatic rings. The van der Waals surface area contributed by atoms with Gasteiger partial charge < -0.3 is 4.74 Å². The van der Waals surface area contributed by atoms with Gasteiger partial charge in [-0.25, -0.2) is 0 Å². The fourth-order valence-corrected chi connectivity index (χ4v) is 2.16. The number of nitrogens with zero attached hydrogens (tertiary/aromatic N) is 1. The average molecular weight is 320 g/mol. The zero-order valence-electron chi connectivity index (χ0n) is 10.3. The van der Waals surface area contributed by atoms with E-state index in [1.54, 1.807) is 18.2 Å². The van der Waals surface area contributed by atoms with Crippen LogP contribution in [0.3, 0.4) is 0 Å². The maximum atomic E-state index is 6.13. The Morgan fingerprint density at radius 1 is 1.37 bits per heavy atom. The van der Waals surface area contributed by atoms with Crippen molar-refractivity contribution in [3.05, 3.63) is 39.6 Å². The predicted molar refractivity (Wildman–Crippen MR) is 81.3 cm³/mol. The summed E-state index contributed by atoms with van der Waals surface area (Å²) in [5, 5.41) is 5.45. The number of nitrogens with one attached hydrogen (secondary N) is 1. The third kappa shape index (κ3) is 4.03. The first kappa shape index (κ1) is 14.5. The lowest BCUT2D eigenvalue weighted by molar-refractivity contribution is 0.249. The van der Waals surface area contributed by atoms with E-state index in [9.17, 15) is 0 Å². The lowest BCUT2D eigenvalue weighted by atomic mass is 10.3. The molecule has 0 bridgehead atoms. The van der Waals surface area contributed by atoms with E-state index in [0.29, 0.717) is 33.3 Å². The van der Waals surface area contributed by atoms with Crippen LogP contribution in [0.2, 0.25) is 10.0 Å². The summed E-state index contributed by atoms with van der Waals surface area (Å²) in [7, 11) is 0. The van der Waals surface area contributed by atoms with Crippen LogP contribution >= 0.6 is 34.8 Å². The Labute approximate surface area is 127 Å². The van der Waals surface area contributed by atoms with E-state index in [-0.39, 0.29) is 0 Å². The molecule has 1 fully saturated rings. The number of hydrazone groups is 1. The van der Waals surface area contributed by atoms with Crippen molar-refractivity contribution in [2.24, 2.45) is 5.10 Å². The van der Waals surface area contributed by atoms with Crippen molar-refractivity contribution in [3.63, 3.8) is 0 Å². The van der Waals surface area contributed by atoms with Gasteiger partial charge in [0.25, 0.3) is 0 Å². The van der Waals surface area contributed by atoms with Gasteiger partial charge in [-0.3, -0.25) is 5.43 Å². The fourth-order valence-electron chi connectivity index (χ4n) is 1.48. The van der Waals surface area contributed by atoms with E-state index in [0.717, 1.165) is 12.8 Å². The zero-order valence-corrected chi connectivity index (χ0v) is 12.6. The number of benzene rings is 1. The van der Waals surface area contributed by atoms with E-state index in [4.69, 9.17) is 39.5 Å². The van der Waals surface area contributed by atoms with Gasteiger partial charge in [0, 0.05) is 5.02 Å². The minimum Gasteiger partial charge on any atom is -0.491 e. The summed E-state index contributed by atoms with van der Waals surface area (Å²) in [5.41, 5.74) is 4.65. The van der Waals surface area contributed by atoms with Gasteiger partial charge in [-0.15, -0.1) is 0 Å². The minimum absolute atomic E-state index is 0.306. The topological polar surface area (TPSA) is 33.6 Å². The van der Waals surface area contributed by atoms with Crippen molar-refractivity contribution < 1.29 is 4.74 Å². The van der Waals surface area contributed by atoms with Crippen molar-refractivity contribution in [3.8, 4) is 0 Å². The molecule has 3 nitrogen and oxygen atoms in total. The molecule has 102 valence electrons. The van der Waals surface area contributed by atoms with Crippen LogP contribution in [0.15, 0.2) is 34.6 Å². The summed E-state index contributed by atoms with van der Waals surface area (Å²) >= 11 is 18.0. The van der Waals surface area contributed by atoms with Crippen molar-refractivity contribution in [2.45, 2.75) is 19.8 Å². The van der Waals surface area contributed by atoms with Crippen LogP contribution in [0.1, 0.15) is 19.8 Å². The second-order valence-corrected chi connectivity index (χ2v) is 5.21. The summed E-state index contributed by atoms with van der Waals surface area (Å²) in [6, 6.07) is 5.10. The monoisotopic (exact) mass is 318 g/mol. The SMILES string of the molecule is CCOC(=C1CC1)/C(Cl)=N/Nc1ccc(Cl)cc1Cl. The molecule has 1 N–H and O–H groups in total. The van der Waals surface area contributed by atoms with Gasteiger partial charge in [0.1, 0.15) is 0 Å². The molecule has 1 aromatic rings. The van der Waals surface area contributed by atoms with E-state index in [1.807, 2.05) is 6.92 Å². The summed E-state index contributed by atoms with van der Waals surface area (Å²) in [4.78, 5) is 0. The van der Waals surface area contributed by atoms with Gasteiger partial charge in [-0.05, 0) is 43.5 Å². The van der Waals surface area contributed by atoms with Gasteiger partial charge in [0.2, 0.25) is 0 Å². The van der Waals surface area contributed by atoms with Crippen molar-refractivity contribution in [1.82, 2.24) is 0 Å². The molecule has 0 saturated heterocycles. The Morgan fingerprint density at radius 3 is 2.68 bits per heavy atom. The van der Waals surface area contributed by atoms with E-state index in [1.165, 1.54) is 5.57 Å². The highest BCUT2D eigenvalue weighted by atomic mass is 35.5. The number of anilines is 1. The first-order valence-corrected chi connectivity index (χ1v) is 7.04. The first-order valence-electron chi connectivity index (χ1n) is 5.91. The molecule has 0 radical (unpaired) electrons. The van der Waals surface area contributed by atoms with Crippen molar-refractivity contribution in [1.29, 1.82) is 0 Å². The minimum atomic E-state index is 0.306. The number of hydrogen-bond donors (Lipinski definition) is 1. The third-order valence-corrected chi connectivity index (χ3v) is 3.31. The highest BCUT2D eigenvalue weighted by molar-refractivity contribution is 6.69. The summed E-state index contributed by atoms with van der Waals surface area (Å²) < 4.78 is 5.49. The molecule has 19 heavy (non-hydrogen) atoms. The number of allylic oxidation sites excluding steroid dienone is 2. The second kappa shape index (κ2) is 6.51. The molecular weight excluding hydrogens is 307 g/mol. The van der Waals surface area contributed by atoms with Crippen molar-refractivity contribution in [2.75, 3.05) is 12.0 Å². The molecule has 1 aromatic carbocycles. The molecule has 0 aromatic heterocycles. The maximum Gasteiger partial charge on any atom is 0.191 e. The van der Waals surface area contributed by atoms with Crippen LogP contribution in [-0.2, 0) is 4.74 Å². The smallest absolute Gasteiger partial charge is 0.191 e. The Kier molecular flexibility index (Phi) is 4.97. The molecule has 0 atom stereocenters. The first-order chi connectivity index (χ1) is 9.11. The molecule has 0 amide bonds. The van der Waals surface area contributed by atoms with Crippen LogP contribution in [-0.4, -0.2) is 11.8 Å². The van der Waals surface area contributed by atoms with Crippen molar-refractivity contribution >= 4 is 45.7 Å². The van der Waals surface area contributed by atoms with E-state index < -0.39 is 0 Å². The molecule has 0 unspecified atom stereocenters. The Morgan fingerprint density at radius 2 is 2.11 bits per heavy atom. The third-order valence-electron chi connectivity index (χ3n) is 2.50. The quantitative estimate of drug-likeness (QED) is 0.468.